The average Bonchev–Trinajstić information content (AvgIpc) is 0.878. The number of rotatable bonds is 22. The van der Waals surface area contributed by atoms with Crippen molar-refractivity contribution in [2.75, 3.05) is 13.1 Å². The van der Waals surface area contributed by atoms with Gasteiger partial charge in [0.25, 0.3) is 31.4 Å². The van der Waals surface area contributed by atoms with E-state index in [-0.39, 0.29) is 91.0 Å². The van der Waals surface area contributed by atoms with Crippen LogP contribution in [0, 0.1) is 25.5 Å². The number of halogens is 2. The zero-order valence-electron chi connectivity index (χ0n) is 79.3. The quantitative estimate of drug-likeness (QED) is 0.0130. The van der Waals surface area contributed by atoms with Crippen molar-refractivity contribution in [1.82, 2.24) is 29.8 Å². The molecule has 806 valence electrons. The van der Waals surface area contributed by atoms with Gasteiger partial charge in [0.2, 0.25) is 31.5 Å². The first-order valence-corrected chi connectivity index (χ1v) is 60.4. The van der Waals surface area contributed by atoms with E-state index in [1.165, 1.54) is 202 Å². The van der Waals surface area contributed by atoms with Crippen molar-refractivity contribution in [3.63, 3.8) is 0 Å². The molecule has 10 atom stereocenters. The van der Waals surface area contributed by atoms with Crippen LogP contribution >= 0.6 is 76.0 Å². The fourth-order valence-electron chi connectivity index (χ4n) is 15.2. The molecule has 6 saturated heterocycles. The molecule has 6 fully saturated rings. The highest BCUT2D eigenvalue weighted by Gasteiger charge is 2.72. The number of ketones is 1. The Morgan fingerprint density at radius 3 is 1.06 bits per heavy atom. The summed E-state index contributed by atoms with van der Waals surface area (Å²) in [5.74, 6) is -2.04. The van der Waals surface area contributed by atoms with Gasteiger partial charge in [-0.1, -0.05) is 90.9 Å². The van der Waals surface area contributed by atoms with E-state index >= 15 is 0 Å². The third-order valence-corrected chi connectivity index (χ3v) is 46.1. The molecule has 0 radical (unpaired) electrons. The van der Waals surface area contributed by atoms with E-state index in [9.17, 15) is 143 Å². The Balaban J connectivity index is 0.000000156. The van der Waals surface area contributed by atoms with E-state index in [1.54, 1.807) is 43.9 Å². The summed E-state index contributed by atoms with van der Waals surface area (Å²) in [5, 5.41) is 38.0. The number of aliphatic hydroxyl groups is 5. The van der Waals surface area contributed by atoms with Gasteiger partial charge in [-0.3, -0.25) is 121 Å². The topological polar surface area (TPSA) is 722 Å². The number of pyridine rings is 5. The van der Waals surface area contributed by atoms with Crippen molar-refractivity contribution in [1.29, 1.82) is 0 Å². The molecule has 7 aliphatic heterocycles. The summed E-state index contributed by atoms with van der Waals surface area (Å²) in [4.78, 5) is 160. The molecule has 0 saturated carbocycles. The number of Topliss-reactive ketones (excluding diaryl/α,β-unsaturated/α-hetero) is 1. The van der Waals surface area contributed by atoms with E-state index in [0.717, 1.165) is 42.5 Å². The first kappa shape index (κ1) is 118. The number of carbonyl (C=O) groups excluding carboxylic acids is 3. The lowest BCUT2D eigenvalue weighted by atomic mass is 9.98. The normalized spacial score (nSPS) is 32.3. The number of esters is 1. The summed E-state index contributed by atoms with van der Waals surface area (Å²) in [6.45, 7) is 13.2. The van der Waals surface area contributed by atoms with Gasteiger partial charge in [-0.05, 0) is 184 Å². The van der Waals surface area contributed by atoms with Crippen LogP contribution in [0.5, 0.6) is 23.0 Å². The molecule has 5 aromatic carbocycles. The lowest BCUT2D eigenvalue weighted by Gasteiger charge is -2.41. The molecule has 10 aromatic rings. The van der Waals surface area contributed by atoms with E-state index in [1.807, 2.05) is 6.92 Å². The number of likely N-dealkylation sites (tertiary alicyclic amines) is 1. The Morgan fingerprint density at radius 1 is 0.407 bits per heavy atom. The largest absolute Gasteiger partial charge is 0.423 e. The predicted octanol–water partition coefficient (Wildman–Crippen LogP) is 15.8. The summed E-state index contributed by atoms with van der Waals surface area (Å²) >= 11 is 0. The van der Waals surface area contributed by atoms with E-state index in [2.05, 4.69) is 31.5 Å². The number of hydrogen-bond donors (Lipinski definition) is 15. The van der Waals surface area contributed by atoms with Crippen molar-refractivity contribution in [2.24, 2.45) is 0 Å². The Hall–Kier alpha value is -9.50. The average molecular weight is 2290 g/mol. The summed E-state index contributed by atoms with van der Waals surface area (Å²) in [6, 6.07) is 36.7. The molecule has 0 spiro atoms. The fraction of sp³-hybridized carbons (Fsp3) is 0.311. The maximum Gasteiger partial charge on any atom is 0.415 e. The maximum atomic E-state index is 14.1. The molecule has 0 bridgehead atoms. The number of hydrogen-bond acceptors (Lipinski definition) is 37. The van der Waals surface area contributed by atoms with Crippen molar-refractivity contribution < 1.29 is 207 Å². The lowest BCUT2D eigenvalue weighted by Crippen LogP contribution is -2.38. The summed E-state index contributed by atoms with van der Waals surface area (Å²) < 4.78 is 227. The van der Waals surface area contributed by atoms with Crippen LogP contribution < -0.4 is 18.9 Å². The number of piperidine rings is 1. The number of benzene rings is 5. The Kier molecular flexibility index (Phi) is 36.6. The van der Waals surface area contributed by atoms with Gasteiger partial charge in [-0.15, -0.1) is 0 Å². The molecule has 17 rings (SSSR count). The summed E-state index contributed by atoms with van der Waals surface area (Å²) in [5.41, 5.74) is 2.84. The highest BCUT2D eigenvalue weighted by atomic mass is 31.3. The Morgan fingerprint density at radius 2 is 0.727 bits per heavy atom. The number of aryl methyl sites for hydroxylation is 2. The molecular formula is C90H100F2N6O42P10. The first-order valence-electron chi connectivity index (χ1n) is 44.6. The highest BCUT2D eigenvalue weighted by molar-refractivity contribution is 7.75. The lowest BCUT2D eigenvalue weighted by molar-refractivity contribution is -0.129. The van der Waals surface area contributed by atoms with Gasteiger partial charge in [0.05, 0.1) is 5.56 Å². The molecule has 15 N–H and O–H groups in total. The standard InChI is InChI=1S/C20H24N2O9P2.C20H25NO8P2.C19H21NO9P2.C16H15NO9P2.C15H15F2NO7P2/c23-19(22-11-2-1-3-12-22)29-17-8-6-16(7-9-17)18-30-32(25,26)20(24,33(27,28)31-18)13-15-5-4-10-21-14-15;1-3-5-17(22)11-16-8-7-14(2)10-18(16)19-28-30(24,25)20(23,31(26,27)29-19)12-15-6-4-9-21-13-15;1-13(2)10-17(21)27-16-7-5-15(6-8-16)18-28-30(23,24)19(22,31(25,26)29-18)11-14-4-3-9-20-12-14;1-10-23-13-5-4-12(7-14(13)24-10)15-25-27(19,20)16(18,28(21,22)26-15)8-11-3-2-6-17-9-11;1-9-5-11(16)13(12(17)6-9)14-24-26(20,21)15(19,27(22,23)25-14)7-10-3-2-4-18-8-10/h4-10,14,18,24H,1-3,11-13H2,(H,25,26)(H,27,28);4,6-10,13,19,23H,3,5,11-12H2,1-2H3,(H,24,25)(H,26,27);3-10,12,18,22H,11H2,1-2H3,(H,23,24)(H,25,26);2-7,9,15,18H,1,8H2,(H,19,20)(H,21,22);2-6,8,14,19H,7H2,1H3,(H,20,21)(H,22,23). The van der Waals surface area contributed by atoms with Gasteiger partial charge in [0.15, 0.2) is 11.5 Å². The minimum Gasteiger partial charge on any atom is -0.423 e. The van der Waals surface area contributed by atoms with Crippen LogP contribution in [0.1, 0.15) is 157 Å². The number of allylic oxidation sites excluding steroid dienone is 1. The van der Waals surface area contributed by atoms with Crippen molar-refractivity contribution >= 4 is 93.8 Å². The number of aromatic nitrogens is 5. The molecule has 60 heteroatoms. The van der Waals surface area contributed by atoms with Crippen LogP contribution in [0.25, 0.3) is 0 Å². The molecule has 7 aliphatic rings. The minimum atomic E-state index is -5.31. The monoisotopic (exact) mass is 2280 g/mol. The molecule has 5 aromatic heterocycles. The van der Waals surface area contributed by atoms with Crippen LogP contribution in [0.3, 0.4) is 0 Å². The minimum absolute atomic E-state index is 0.0120. The number of fused-ring (bicyclic) bond motifs is 1. The fourth-order valence-corrected chi connectivity index (χ4v) is 33.1. The molecule has 12 heterocycles. The predicted molar refractivity (Wildman–Crippen MR) is 519 cm³/mol. The molecule has 10 unspecified atom stereocenters. The molecule has 0 aliphatic carbocycles. The van der Waals surface area contributed by atoms with Gasteiger partial charge >= 0.3 is 88.0 Å². The van der Waals surface area contributed by atoms with Crippen LogP contribution in [0.2, 0.25) is 0 Å². The van der Waals surface area contributed by atoms with Crippen LogP contribution in [0.15, 0.2) is 244 Å². The van der Waals surface area contributed by atoms with Gasteiger partial charge in [-0.25, -0.2) is 18.4 Å². The van der Waals surface area contributed by atoms with Gasteiger partial charge < -0.3 is 98.3 Å². The highest BCUT2D eigenvalue weighted by Crippen LogP contribution is 2.84. The third kappa shape index (κ3) is 26.1. The number of nitrogens with zero attached hydrogens (tertiary/aromatic N) is 6. The van der Waals surface area contributed by atoms with E-state index in [0.29, 0.717) is 37.2 Å². The Labute approximate surface area is 852 Å². The van der Waals surface area contributed by atoms with Crippen LogP contribution in [-0.4, -0.2) is 161 Å². The van der Waals surface area contributed by atoms with Crippen LogP contribution in [-0.2, 0) is 139 Å². The zero-order chi connectivity index (χ0) is 110. The van der Waals surface area contributed by atoms with E-state index in [4.69, 9.17) is 64.2 Å². The summed E-state index contributed by atoms with van der Waals surface area (Å²) in [7, 11) is -51.2. The van der Waals surface area contributed by atoms with E-state index < -0.39 is 194 Å². The molecule has 48 nitrogen and oxygen atoms in total. The second kappa shape index (κ2) is 46.7. The second-order valence-electron chi connectivity index (χ2n) is 34.8. The number of ether oxygens (including phenoxy) is 4. The molecular weight excluding hydrogens is 2180 g/mol. The molecule has 1 amide bonds. The Bertz CT molecular complexity index is 7050. The second-order valence-corrected chi connectivity index (χ2v) is 56.4. The number of carbonyl (C=O) groups is 3. The zero-order valence-corrected chi connectivity index (χ0v) is 88.2. The maximum absolute atomic E-state index is 14.1. The van der Waals surface area contributed by atoms with Crippen molar-refractivity contribution in [3.05, 3.63) is 328 Å². The van der Waals surface area contributed by atoms with Crippen molar-refractivity contribution in [3.8, 4) is 23.0 Å². The van der Waals surface area contributed by atoms with Crippen LogP contribution in [0.4, 0.5) is 13.6 Å². The van der Waals surface area contributed by atoms with Gasteiger partial charge in [0, 0.05) is 148 Å². The molecule has 150 heavy (non-hydrogen) atoms. The third-order valence-electron chi connectivity index (χ3n) is 23.1. The van der Waals surface area contributed by atoms with Gasteiger partial charge in [0.1, 0.15) is 28.9 Å². The first-order chi connectivity index (χ1) is 70.1. The summed E-state index contributed by atoms with van der Waals surface area (Å²) in [6.07, 6.45) is 5.64. The smallest absolute Gasteiger partial charge is 0.415 e. The SMILES string of the molecule is C=C1Oc2ccc(C3OP(=O)(O)C(O)(Cc4cccnc4)P(=O)(O)O3)cc2O1.CC(C)=CC(=O)Oc1ccc(C2OP(=O)(O)C(O)(Cc3cccnc3)P(=O)(O)O2)cc1.CCCC(=O)Cc1ccc(C)cc1C1OP(=O)(O)C(O)(Cc2cccnc2)P(=O)(O)O1.Cc1cc(F)c(C2OP(=O)(O)C(O)(Cc3cccnc3)P(=O)(O)O2)c(F)c1.O=C(Oc1ccc(C2OP(=O)(O)C(O)(Cc3cccnc3)P(=O)(O)O2)cc1)N1CCCCC1. The number of amides is 1. The van der Waals surface area contributed by atoms with Crippen molar-refractivity contribution in [2.45, 2.75) is 162 Å². The van der Waals surface area contributed by atoms with Gasteiger partial charge in [-0.2, -0.15) is 0 Å².